The first kappa shape index (κ1) is 18.3. The van der Waals surface area contributed by atoms with Crippen LogP contribution in [0.15, 0.2) is 69.9 Å². The Kier molecular flexibility index (Phi) is 4.52. The SMILES string of the molecule is C=c1[nH]n(-c2ccccc2)c(=O)/c1=C/c1ccc(-c2ccc(C(=O)[O-])cc2C)o1. The predicted octanol–water partition coefficient (Wildman–Crippen LogP) is 1.34. The Balaban J connectivity index is 1.74. The number of H-pyrrole nitrogens is 1. The molecule has 1 N–H and O–H groups in total. The van der Waals surface area contributed by atoms with E-state index >= 15 is 0 Å². The van der Waals surface area contributed by atoms with Crippen LogP contribution in [0.5, 0.6) is 0 Å². The molecule has 2 heterocycles. The van der Waals surface area contributed by atoms with Gasteiger partial charge in [-0.1, -0.05) is 36.9 Å². The number of hydrogen-bond donors (Lipinski definition) is 1. The summed E-state index contributed by atoms with van der Waals surface area (Å²) in [6.07, 6.45) is 1.63. The van der Waals surface area contributed by atoms with Crippen LogP contribution < -0.4 is 21.2 Å². The van der Waals surface area contributed by atoms with E-state index < -0.39 is 5.97 Å². The smallest absolute Gasteiger partial charge is 0.279 e. The van der Waals surface area contributed by atoms with Crippen molar-refractivity contribution in [3.63, 3.8) is 0 Å². The molecule has 0 atom stereocenters. The van der Waals surface area contributed by atoms with Gasteiger partial charge in [-0.05, 0) is 54.5 Å². The number of aromatic carboxylic acids is 1. The summed E-state index contributed by atoms with van der Waals surface area (Å²) in [5, 5.41) is 14.8. The first-order chi connectivity index (χ1) is 13.9. The standard InChI is InChI=1S/C23H18N2O4/c1-14-12-16(23(27)28)8-10-19(14)21-11-9-18(29-21)13-20-15(2)24-25(22(20)26)17-6-4-3-5-7-17/h3-13,24H,2H2,1H3,(H,27,28)/p-1/b20-13+. The first-order valence-corrected chi connectivity index (χ1v) is 8.93. The van der Waals surface area contributed by atoms with Gasteiger partial charge in [0.05, 0.1) is 22.2 Å². The summed E-state index contributed by atoms with van der Waals surface area (Å²) in [6, 6.07) is 17.4. The number of nitrogens with zero attached hydrogens (tertiary/aromatic N) is 1. The van der Waals surface area contributed by atoms with E-state index in [-0.39, 0.29) is 11.1 Å². The number of hydrogen-bond acceptors (Lipinski definition) is 4. The van der Waals surface area contributed by atoms with Crippen molar-refractivity contribution < 1.29 is 14.3 Å². The molecular formula is C23H17N2O4-. The minimum Gasteiger partial charge on any atom is -0.545 e. The lowest BCUT2D eigenvalue weighted by molar-refractivity contribution is -0.255. The summed E-state index contributed by atoms with van der Waals surface area (Å²) >= 11 is 0. The van der Waals surface area contributed by atoms with E-state index in [1.807, 2.05) is 30.3 Å². The minimum absolute atomic E-state index is 0.111. The van der Waals surface area contributed by atoms with Gasteiger partial charge in [0.1, 0.15) is 11.5 Å². The molecule has 29 heavy (non-hydrogen) atoms. The van der Waals surface area contributed by atoms with Crippen LogP contribution in [-0.4, -0.2) is 15.7 Å². The molecule has 0 radical (unpaired) electrons. The van der Waals surface area contributed by atoms with Gasteiger partial charge in [0.15, 0.2) is 0 Å². The summed E-state index contributed by atoms with van der Waals surface area (Å²) in [4.78, 5) is 23.8. The highest BCUT2D eigenvalue weighted by atomic mass is 16.4. The third kappa shape index (κ3) is 3.43. The molecule has 0 fully saturated rings. The maximum absolute atomic E-state index is 12.8. The monoisotopic (exact) mass is 385 g/mol. The number of carbonyl (C=O) groups is 1. The highest BCUT2D eigenvalue weighted by molar-refractivity contribution is 5.87. The number of aryl methyl sites for hydroxylation is 1. The van der Waals surface area contributed by atoms with Gasteiger partial charge in [-0.2, -0.15) is 0 Å². The maximum atomic E-state index is 12.8. The van der Waals surface area contributed by atoms with Crippen LogP contribution in [0.3, 0.4) is 0 Å². The van der Waals surface area contributed by atoms with E-state index in [9.17, 15) is 14.7 Å². The fourth-order valence-electron chi connectivity index (χ4n) is 3.19. The zero-order valence-corrected chi connectivity index (χ0v) is 15.6. The zero-order chi connectivity index (χ0) is 20.5. The van der Waals surface area contributed by atoms with Crippen LogP contribution in [0.2, 0.25) is 0 Å². The van der Waals surface area contributed by atoms with Crippen LogP contribution in [0.4, 0.5) is 0 Å². The van der Waals surface area contributed by atoms with Crippen LogP contribution in [0.1, 0.15) is 21.7 Å². The molecule has 6 heteroatoms. The van der Waals surface area contributed by atoms with Crippen molar-refractivity contribution in [2.75, 3.05) is 0 Å². The number of nitrogens with one attached hydrogen (secondary N) is 1. The van der Waals surface area contributed by atoms with E-state index in [4.69, 9.17) is 4.42 Å². The topological polar surface area (TPSA) is 91.1 Å². The number of aromatic amines is 1. The summed E-state index contributed by atoms with van der Waals surface area (Å²) in [6.45, 7) is 5.72. The number of benzene rings is 2. The largest absolute Gasteiger partial charge is 0.545 e. The van der Waals surface area contributed by atoms with E-state index in [2.05, 4.69) is 11.7 Å². The number of furan rings is 1. The van der Waals surface area contributed by atoms with Gasteiger partial charge in [-0.3, -0.25) is 9.89 Å². The van der Waals surface area contributed by atoms with Gasteiger partial charge in [-0.15, -0.1) is 0 Å². The average molecular weight is 385 g/mol. The molecule has 6 nitrogen and oxygen atoms in total. The minimum atomic E-state index is -1.22. The molecule has 0 saturated carbocycles. The van der Waals surface area contributed by atoms with Gasteiger partial charge in [0.2, 0.25) is 0 Å². The molecule has 0 saturated heterocycles. The third-order valence-electron chi connectivity index (χ3n) is 4.66. The lowest BCUT2D eigenvalue weighted by atomic mass is 10.0. The van der Waals surface area contributed by atoms with Gasteiger partial charge < -0.3 is 14.3 Å². The zero-order valence-electron chi connectivity index (χ0n) is 15.6. The second-order valence-electron chi connectivity index (χ2n) is 6.64. The maximum Gasteiger partial charge on any atom is 0.279 e. The Morgan fingerprint density at radius 2 is 1.90 bits per heavy atom. The Bertz CT molecular complexity index is 1370. The van der Waals surface area contributed by atoms with E-state index in [0.29, 0.717) is 27.8 Å². The number of para-hydroxylation sites is 1. The van der Waals surface area contributed by atoms with Gasteiger partial charge >= 0.3 is 0 Å². The van der Waals surface area contributed by atoms with Gasteiger partial charge in [-0.25, -0.2) is 4.68 Å². The van der Waals surface area contributed by atoms with E-state index in [1.165, 1.54) is 16.8 Å². The molecule has 2 aromatic heterocycles. The molecule has 0 unspecified atom stereocenters. The molecule has 0 bridgehead atoms. The van der Waals surface area contributed by atoms with Crippen molar-refractivity contribution in [3.8, 4) is 17.0 Å². The highest BCUT2D eigenvalue weighted by Crippen LogP contribution is 2.26. The molecule has 0 spiro atoms. The fraction of sp³-hybridized carbons (Fsp3) is 0.0435. The summed E-state index contributed by atoms with van der Waals surface area (Å²) in [7, 11) is 0. The first-order valence-electron chi connectivity index (χ1n) is 8.93. The molecule has 0 aliphatic heterocycles. The van der Waals surface area contributed by atoms with Crippen molar-refractivity contribution >= 4 is 18.6 Å². The van der Waals surface area contributed by atoms with Gasteiger partial charge in [0, 0.05) is 5.56 Å². The number of carbonyl (C=O) groups excluding carboxylic acids is 1. The Labute approximate surface area is 165 Å². The van der Waals surface area contributed by atoms with Crippen LogP contribution >= 0.6 is 0 Å². The number of aromatic nitrogens is 2. The average Bonchev–Trinajstić information content (AvgIpc) is 3.28. The molecule has 0 aliphatic carbocycles. The van der Waals surface area contributed by atoms with E-state index in [1.54, 1.807) is 31.2 Å². The normalized spacial score (nSPS) is 11.7. The molecule has 0 amide bonds. The number of carboxylic acids is 1. The van der Waals surface area contributed by atoms with Crippen molar-refractivity contribution in [2.24, 2.45) is 0 Å². The van der Waals surface area contributed by atoms with Crippen LogP contribution in [0, 0.1) is 6.92 Å². The predicted molar refractivity (Wildman–Crippen MR) is 108 cm³/mol. The van der Waals surface area contributed by atoms with E-state index in [0.717, 1.165) is 11.1 Å². The third-order valence-corrected chi connectivity index (χ3v) is 4.66. The molecule has 144 valence electrons. The van der Waals surface area contributed by atoms with Crippen LogP contribution in [-0.2, 0) is 0 Å². The molecule has 2 aromatic carbocycles. The molecular weight excluding hydrogens is 368 g/mol. The summed E-state index contributed by atoms with van der Waals surface area (Å²) in [5.74, 6) is -0.161. The van der Waals surface area contributed by atoms with Crippen molar-refractivity contribution in [3.05, 3.63) is 98.5 Å². The Morgan fingerprint density at radius 3 is 2.59 bits per heavy atom. The number of rotatable bonds is 4. The van der Waals surface area contributed by atoms with Crippen molar-refractivity contribution in [1.29, 1.82) is 0 Å². The second-order valence-corrected chi connectivity index (χ2v) is 6.64. The lowest BCUT2D eigenvalue weighted by Crippen LogP contribution is -2.33. The van der Waals surface area contributed by atoms with Gasteiger partial charge in [0.25, 0.3) is 5.56 Å². The Hall–Kier alpha value is -4.06. The molecule has 4 aromatic rings. The highest BCUT2D eigenvalue weighted by Gasteiger charge is 2.09. The summed E-state index contributed by atoms with van der Waals surface area (Å²) in [5.41, 5.74) is 2.11. The van der Waals surface area contributed by atoms with Crippen LogP contribution in [0.25, 0.3) is 29.7 Å². The fourth-order valence-corrected chi connectivity index (χ4v) is 3.19. The van der Waals surface area contributed by atoms with Crippen molar-refractivity contribution in [1.82, 2.24) is 9.78 Å². The quantitative estimate of drug-likeness (QED) is 0.574. The van der Waals surface area contributed by atoms with Crippen molar-refractivity contribution in [2.45, 2.75) is 6.92 Å². The second kappa shape index (κ2) is 7.16. The lowest BCUT2D eigenvalue weighted by Gasteiger charge is -2.07. The molecule has 0 aliphatic rings. The molecule has 4 rings (SSSR count). The summed E-state index contributed by atoms with van der Waals surface area (Å²) < 4.78 is 7.30. The number of carboxylic acid groups (broad SMARTS) is 1. The Morgan fingerprint density at radius 1 is 1.14 bits per heavy atom.